The molecule has 244 valence electrons. The maximum atomic E-state index is 3.06. The van der Waals surface area contributed by atoms with Gasteiger partial charge in [-0.1, -0.05) is 132 Å². The fourth-order valence-corrected chi connectivity index (χ4v) is 5.85. The molecule has 0 spiro atoms. The van der Waals surface area contributed by atoms with Crippen molar-refractivity contribution in [1.29, 1.82) is 0 Å². The molecule has 0 N–H and O–H groups in total. The van der Waals surface area contributed by atoms with Crippen LogP contribution in [0.25, 0.3) is 43.8 Å². The summed E-state index contributed by atoms with van der Waals surface area (Å²) in [6.07, 6.45) is 0. The molecule has 0 saturated carbocycles. The minimum absolute atomic E-state index is 0. The van der Waals surface area contributed by atoms with Crippen molar-refractivity contribution in [1.82, 2.24) is 0 Å². The molecule has 0 heterocycles. The summed E-state index contributed by atoms with van der Waals surface area (Å²) < 4.78 is 0. The molecule has 0 aliphatic carbocycles. The summed E-state index contributed by atoms with van der Waals surface area (Å²) in [5.41, 5.74) is 12.4. The Morgan fingerprint density at radius 3 is 1.83 bits per heavy atom. The van der Waals surface area contributed by atoms with Gasteiger partial charge in [-0.05, 0) is 34.9 Å². The van der Waals surface area contributed by atoms with Gasteiger partial charge in [-0.3, -0.25) is 0 Å². The second-order valence-electron chi connectivity index (χ2n) is 12.7. The normalized spacial score (nSPS) is 10.3. The Morgan fingerprint density at radius 2 is 1.26 bits per heavy atom. The third-order valence-electron chi connectivity index (χ3n) is 8.12. The second kappa shape index (κ2) is 18.9. The topological polar surface area (TPSA) is 0 Å². The van der Waals surface area contributed by atoms with E-state index >= 15 is 0 Å². The first-order chi connectivity index (χ1) is 20.0. The SMILES string of the molecule is CC(C)c1cc2c(-c3ccccc3)cccc2[cH-]1.Cc1cc2c(-c3ccc(C(C)(C)C)cc3)c(C)cc(C)c2[cH-]1.Cl.Cl.[CH3-].[CH3-].[Si]=[Zr]. The molecule has 0 bridgehead atoms. The van der Waals surface area contributed by atoms with Crippen molar-refractivity contribution in [3.63, 3.8) is 0 Å². The van der Waals surface area contributed by atoms with Gasteiger partial charge in [0.2, 0.25) is 0 Å². The van der Waals surface area contributed by atoms with Gasteiger partial charge in [0.25, 0.3) is 0 Å². The van der Waals surface area contributed by atoms with Crippen LogP contribution >= 0.6 is 24.8 Å². The average Bonchev–Trinajstić information content (AvgIpc) is 3.59. The number of fused-ring (bicyclic) bond motifs is 2. The summed E-state index contributed by atoms with van der Waals surface area (Å²) >= 11 is 1.36. The summed E-state index contributed by atoms with van der Waals surface area (Å²) in [4.78, 5) is 0. The van der Waals surface area contributed by atoms with Crippen molar-refractivity contribution < 1.29 is 23.3 Å². The van der Waals surface area contributed by atoms with Crippen LogP contribution in [0.5, 0.6) is 0 Å². The van der Waals surface area contributed by atoms with E-state index in [4.69, 9.17) is 0 Å². The standard InChI is InChI=1S/C22H25.C18H17.2CH3.2ClH.Si.Zr/c1-14-11-19-15(2)13-16(3)21(20(19)12-14)17-7-9-18(10-8-17)22(4,5)6;1-13(2)16-11-15-9-6-10-17(18(15)12-16)14-7-4-3-5-8-14;;;;;;/h7-13H,1-6H3;3-13H,1-2H3;2*1H3;2*1H;;/q4*-1;;;;. The molecular weight excluding hydrogens is 695 g/mol. The van der Waals surface area contributed by atoms with Crippen molar-refractivity contribution in [3.8, 4) is 22.3 Å². The predicted molar refractivity (Wildman–Crippen MR) is 210 cm³/mol. The Labute approximate surface area is 309 Å². The first-order valence-corrected chi connectivity index (χ1v) is 19.0. The molecule has 0 aromatic heterocycles. The monoisotopic (exact) mass is 742 g/mol. The minimum atomic E-state index is 0. The van der Waals surface area contributed by atoms with Crippen LogP contribution in [0.15, 0.2) is 103 Å². The molecule has 0 aliphatic rings. The first-order valence-electron chi connectivity index (χ1n) is 14.8. The van der Waals surface area contributed by atoms with Crippen molar-refractivity contribution in [2.75, 3.05) is 0 Å². The second-order valence-corrected chi connectivity index (χ2v) is 12.7. The summed E-state index contributed by atoms with van der Waals surface area (Å²) in [6, 6.07) is 37.9. The molecular formula is C42H50Cl2SiZr-4. The van der Waals surface area contributed by atoms with E-state index in [1.165, 1.54) is 95.0 Å². The van der Waals surface area contributed by atoms with Gasteiger partial charge in [0, 0.05) is 0 Å². The first kappa shape index (κ1) is 43.8. The maximum absolute atomic E-state index is 3.06. The van der Waals surface area contributed by atoms with Crippen LogP contribution in [0.3, 0.4) is 0 Å². The van der Waals surface area contributed by atoms with E-state index in [2.05, 4.69) is 165 Å². The van der Waals surface area contributed by atoms with Crippen molar-refractivity contribution in [2.45, 2.75) is 66.7 Å². The number of halogens is 2. The number of hydrogen-bond donors (Lipinski definition) is 0. The summed E-state index contributed by atoms with van der Waals surface area (Å²) in [5.74, 6) is 0.584. The predicted octanol–water partition coefficient (Wildman–Crippen LogP) is 13.2. The van der Waals surface area contributed by atoms with Crippen LogP contribution in [0.2, 0.25) is 0 Å². The van der Waals surface area contributed by atoms with Gasteiger partial charge < -0.3 is 14.9 Å². The van der Waals surface area contributed by atoms with E-state index in [1.807, 2.05) is 0 Å². The molecule has 0 aliphatic heterocycles. The molecule has 0 amide bonds. The third kappa shape index (κ3) is 9.90. The molecule has 0 saturated heterocycles. The Bertz CT molecular complexity index is 1790. The third-order valence-corrected chi connectivity index (χ3v) is 8.12. The van der Waals surface area contributed by atoms with E-state index < -0.39 is 0 Å². The van der Waals surface area contributed by atoms with Gasteiger partial charge >= 0.3 is 30.2 Å². The van der Waals surface area contributed by atoms with Gasteiger partial charge in [-0.25, -0.2) is 0 Å². The van der Waals surface area contributed by atoms with Gasteiger partial charge in [-0.15, -0.1) is 87.3 Å². The molecule has 0 unspecified atom stereocenters. The molecule has 46 heavy (non-hydrogen) atoms. The van der Waals surface area contributed by atoms with Crippen molar-refractivity contribution in [2.24, 2.45) is 0 Å². The van der Waals surface area contributed by atoms with E-state index in [0.717, 1.165) is 0 Å². The Hall–Kier alpha value is -2.22. The Kier molecular flexibility index (Phi) is 18.0. The average molecular weight is 745 g/mol. The van der Waals surface area contributed by atoms with E-state index in [-0.39, 0.29) is 45.1 Å². The fraction of sp³-hybridized carbons (Fsp3) is 0.238. The summed E-state index contributed by atoms with van der Waals surface area (Å²) in [5, 5.41) is 5.49. The Morgan fingerprint density at radius 1 is 0.652 bits per heavy atom. The van der Waals surface area contributed by atoms with E-state index in [0.29, 0.717) is 5.92 Å². The summed E-state index contributed by atoms with van der Waals surface area (Å²) in [7, 11) is 0. The van der Waals surface area contributed by atoms with Gasteiger partial charge in [0.05, 0.1) is 0 Å². The van der Waals surface area contributed by atoms with Gasteiger partial charge in [-0.2, -0.15) is 12.1 Å². The fourth-order valence-electron chi connectivity index (χ4n) is 5.85. The summed E-state index contributed by atoms with van der Waals surface area (Å²) in [6.45, 7) is 21.0. The van der Waals surface area contributed by atoms with Crippen LogP contribution in [-0.2, 0) is 28.8 Å². The van der Waals surface area contributed by atoms with Crippen LogP contribution in [-0.4, -0.2) is 6.88 Å². The molecule has 0 nitrogen and oxygen atoms in total. The zero-order chi connectivity index (χ0) is 30.6. The molecule has 0 atom stereocenters. The van der Waals surface area contributed by atoms with Crippen LogP contribution < -0.4 is 0 Å². The molecule has 6 rings (SSSR count). The quantitative estimate of drug-likeness (QED) is 0.125. The van der Waals surface area contributed by atoms with Crippen LogP contribution in [0.4, 0.5) is 0 Å². The van der Waals surface area contributed by atoms with Crippen molar-refractivity contribution >= 4 is 53.2 Å². The zero-order valence-corrected chi connectivity index (χ0v) is 34.3. The number of benzene rings is 4. The van der Waals surface area contributed by atoms with E-state index in [9.17, 15) is 0 Å². The van der Waals surface area contributed by atoms with Gasteiger partial charge in [0.1, 0.15) is 0 Å². The molecule has 6 aromatic carbocycles. The van der Waals surface area contributed by atoms with Crippen molar-refractivity contribution in [3.05, 3.63) is 146 Å². The van der Waals surface area contributed by atoms with Crippen LogP contribution in [0.1, 0.15) is 68.4 Å². The van der Waals surface area contributed by atoms with Gasteiger partial charge in [0.15, 0.2) is 0 Å². The molecule has 0 fully saturated rings. The number of aryl methyl sites for hydroxylation is 3. The van der Waals surface area contributed by atoms with E-state index in [1.54, 1.807) is 0 Å². The van der Waals surface area contributed by atoms with Crippen LogP contribution in [0, 0.1) is 35.6 Å². The Balaban J connectivity index is 0.000000782. The molecule has 2 radical (unpaired) electrons. The molecule has 4 heteroatoms. The zero-order valence-electron chi connectivity index (χ0n) is 29.2. The molecule has 6 aromatic rings. The number of rotatable bonds is 3. The number of hydrogen-bond acceptors (Lipinski definition) is 0.